The smallest absolute Gasteiger partial charge is 0.246 e. The van der Waals surface area contributed by atoms with Gasteiger partial charge in [-0.25, -0.2) is 0 Å². The third kappa shape index (κ3) is 2.96. The number of para-hydroxylation sites is 1. The van der Waals surface area contributed by atoms with Crippen molar-refractivity contribution in [1.82, 2.24) is 10.2 Å². The maximum atomic E-state index is 12.2. The van der Waals surface area contributed by atoms with E-state index in [0.717, 1.165) is 11.3 Å². The van der Waals surface area contributed by atoms with Crippen LogP contribution in [0.5, 0.6) is 0 Å². The molecule has 1 heterocycles. The number of anilines is 1. The first-order valence-electron chi connectivity index (χ1n) is 6.41. The number of carbonyl (C=O) groups excluding carboxylic acids is 3. The fourth-order valence-electron chi connectivity index (χ4n) is 2.09. The zero-order valence-electron chi connectivity index (χ0n) is 11.5. The summed E-state index contributed by atoms with van der Waals surface area (Å²) in [6.45, 7) is 3.26. The molecule has 1 unspecified atom stereocenters. The predicted molar refractivity (Wildman–Crippen MR) is 73.8 cm³/mol. The monoisotopic (exact) mass is 275 g/mol. The third-order valence-electron chi connectivity index (χ3n) is 3.27. The summed E-state index contributed by atoms with van der Waals surface area (Å²) in [5.74, 6) is -0.781. The van der Waals surface area contributed by atoms with Crippen molar-refractivity contribution in [3.63, 3.8) is 0 Å². The van der Waals surface area contributed by atoms with Crippen LogP contribution in [-0.2, 0) is 20.9 Å². The molecule has 0 saturated heterocycles. The summed E-state index contributed by atoms with van der Waals surface area (Å²) >= 11 is 0. The standard InChI is InChI=1S/C14H17N3O3/c1-9-14(20)16-12-6-4-3-5-11(12)8-17(9)13(19)7-15-10(2)18/h3-6,9H,7-8H2,1-2H3,(H,15,18)(H,16,20). The van der Waals surface area contributed by atoms with Gasteiger partial charge in [0.15, 0.2) is 0 Å². The van der Waals surface area contributed by atoms with Crippen molar-refractivity contribution in [3.8, 4) is 0 Å². The highest BCUT2D eigenvalue weighted by Gasteiger charge is 2.29. The molecule has 0 aromatic heterocycles. The first-order chi connectivity index (χ1) is 9.49. The molecule has 2 rings (SSSR count). The van der Waals surface area contributed by atoms with E-state index in [4.69, 9.17) is 0 Å². The van der Waals surface area contributed by atoms with Gasteiger partial charge in [0.2, 0.25) is 17.7 Å². The number of nitrogens with zero attached hydrogens (tertiary/aromatic N) is 1. The molecule has 0 saturated carbocycles. The summed E-state index contributed by atoms with van der Waals surface area (Å²) < 4.78 is 0. The lowest BCUT2D eigenvalue weighted by Gasteiger charge is -2.25. The number of benzene rings is 1. The Bertz CT molecular complexity index is 556. The van der Waals surface area contributed by atoms with Gasteiger partial charge in [0.05, 0.1) is 6.54 Å². The Morgan fingerprint density at radius 1 is 1.40 bits per heavy atom. The van der Waals surface area contributed by atoms with Crippen molar-refractivity contribution >= 4 is 23.4 Å². The van der Waals surface area contributed by atoms with Crippen LogP contribution in [0.4, 0.5) is 5.69 Å². The fourth-order valence-corrected chi connectivity index (χ4v) is 2.09. The molecule has 3 amide bonds. The maximum absolute atomic E-state index is 12.2. The van der Waals surface area contributed by atoms with Crippen molar-refractivity contribution in [3.05, 3.63) is 29.8 Å². The Kier molecular flexibility index (Phi) is 4.02. The Morgan fingerprint density at radius 3 is 2.80 bits per heavy atom. The molecule has 0 bridgehead atoms. The summed E-state index contributed by atoms with van der Waals surface area (Å²) in [5, 5.41) is 5.26. The number of rotatable bonds is 2. The molecule has 1 atom stereocenters. The highest BCUT2D eigenvalue weighted by molar-refractivity contribution is 5.99. The number of amides is 3. The molecule has 20 heavy (non-hydrogen) atoms. The minimum atomic E-state index is -0.580. The van der Waals surface area contributed by atoms with E-state index in [-0.39, 0.29) is 24.3 Å². The van der Waals surface area contributed by atoms with Crippen LogP contribution >= 0.6 is 0 Å². The van der Waals surface area contributed by atoms with Gasteiger partial charge in [-0.15, -0.1) is 0 Å². The van der Waals surface area contributed by atoms with E-state index < -0.39 is 6.04 Å². The van der Waals surface area contributed by atoms with Crippen molar-refractivity contribution in [2.75, 3.05) is 11.9 Å². The molecule has 1 aromatic carbocycles. The molecule has 106 valence electrons. The number of hydrogen-bond donors (Lipinski definition) is 2. The minimum absolute atomic E-state index is 0.102. The van der Waals surface area contributed by atoms with Crippen LogP contribution in [0.1, 0.15) is 19.4 Å². The van der Waals surface area contributed by atoms with Crippen molar-refractivity contribution in [2.45, 2.75) is 26.4 Å². The average molecular weight is 275 g/mol. The first-order valence-corrected chi connectivity index (χ1v) is 6.41. The number of fused-ring (bicyclic) bond motifs is 1. The van der Waals surface area contributed by atoms with Gasteiger partial charge < -0.3 is 15.5 Å². The van der Waals surface area contributed by atoms with E-state index in [9.17, 15) is 14.4 Å². The topological polar surface area (TPSA) is 78.5 Å². The van der Waals surface area contributed by atoms with Crippen molar-refractivity contribution < 1.29 is 14.4 Å². The van der Waals surface area contributed by atoms with Crippen molar-refractivity contribution in [2.24, 2.45) is 0 Å². The van der Waals surface area contributed by atoms with Crippen molar-refractivity contribution in [1.29, 1.82) is 0 Å². The number of hydrogen-bond acceptors (Lipinski definition) is 3. The summed E-state index contributed by atoms with van der Waals surface area (Å²) in [4.78, 5) is 36.5. The van der Waals surface area contributed by atoms with Gasteiger partial charge in [0, 0.05) is 19.2 Å². The molecule has 0 aliphatic carbocycles. The van der Waals surface area contributed by atoms with Gasteiger partial charge in [0.1, 0.15) is 6.04 Å². The summed E-state index contributed by atoms with van der Waals surface area (Å²) in [5.41, 5.74) is 1.60. The lowest BCUT2D eigenvalue weighted by Crippen LogP contribution is -2.47. The molecule has 0 fully saturated rings. The summed E-state index contributed by atoms with van der Waals surface area (Å²) in [7, 11) is 0. The molecular weight excluding hydrogens is 258 g/mol. The third-order valence-corrected chi connectivity index (χ3v) is 3.27. The second-order valence-corrected chi connectivity index (χ2v) is 4.75. The van der Waals surface area contributed by atoms with E-state index >= 15 is 0 Å². The second-order valence-electron chi connectivity index (χ2n) is 4.75. The predicted octanol–water partition coefficient (Wildman–Crippen LogP) is 0.492. The Balaban J connectivity index is 2.21. The van der Waals surface area contributed by atoms with Crippen LogP contribution in [0.15, 0.2) is 24.3 Å². The minimum Gasteiger partial charge on any atom is -0.347 e. The maximum Gasteiger partial charge on any atom is 0.246 e. The molecule has 1 aromatic rings. The first kappa shape index (κ1) is 14.0. The van der Waals surface area contributed by atoms with Crippen LogP contribution in [0.2, 0.25) is 0 Å². The van der Waals surface area contributed by atoms with E-state index in [1.54, 1.807) is 6.92 Å². The van der Waals surface area contributed by atoms with Crippen LogP contribution in [0, 0.1) is 0 Å². The SMILES string of the molecule is CC(=O)NCC(=O)N1Cc2ccccc2NC(=O)C1C. The van der Waals surface area contributed by atoms with Crippen LogP contribution in [0.3, 0.4) is 0 Å². The Morgan fingerprint density at radius 2 is 2.10 bits per heavy atom. The zero-order valence-corrected chi connectivity index (χ0v) is 11.5. The molecule has 0 spiro atoms. The van der Waals surface area contributed by atoms with Gasteiger partial charge in [-0.1, -0.05) is 18.2 Å². The lowest BCUT2D eigenvalue weighted by molar-refractivity contribution is -0.138. The molecule has 6 nitrogen and oxygen atoms in total. The van der Waals surface area contributed by atoms with E-state index in [1.165, 1.54) is 11.8 Å². The van der Waals surface area contributed by atoms with Gasteiger partial charge in [-0.3, -0.25) is 14.4 Å². The highest BCUT2D eigenvalue weighted by Crippen LogP contribution is 2.22. The zero-order chi connectivity index (χ0) is 14.7. The normalized spacial score (nSPS) is 17.8. The van der Waals surface area contributed by atoms with Gasteiger partial charge >= 0.3 is 0 Å². The highest BCUT2D eigenvalue weighted by atomic mass is 16.2. The summed E-state index contributed by atoms with van der Waals surface area (Å²) in [6.07, 6.45) is 0. The molecule has 1 aliphatic heterocycles. The molecule has 1 aliphatic rings. The summed E-state index contributed by atoms with van der Waals surface area (Å²) in [6, 6.07) is 6.79. The van der Waals surface area contributed by atoms with E-state index in [1.807, 2.05) is 24.3 Å². The largest absolute Gasteiger partial charge is 0.347 e. The van der Waals surface area contributed by atoms with Crippen LogP contribution < -0.4 is 10.6 Å². The lowest BCUT2D eigenvalue weighted by atomic mass is 10.1. The van der Waals surface area contributed by atoms with Crippen LogP contribution in [-0.4, -0.2) is 35.2 Å². The van der Waals surface area contributed by atoms with Crippen LogP contribution in [0.25, 0.3) is 0 Å². The van der Waals surface area contributed by atoms with E-state index in [2.05, 4.69) is 10.6 Å². The Hall–Kier alpha value is -2.37. The number of nitrogens with one attached hydrogen (secondary N) is 2. The van der Waals surface area contributed by atoms with Gasteiger partial charge in [-0.05, 0) is 18.6 Å². The van der Waals surface area contributed by atoms with Gasteiger partial charge in [-0.2, -0.15) is 0 Å². The fraction of sp³-hybridized carbons (Fsp3) is 0.357. The molecule has 6 heteroatoms. The Labute approximate surface area is 117 Å². The quantitative estimate of drug-likeness (QED) is 0.824. The van der Waals surface area contributed by atoms with Gasteiger partial charge in [0.25, 0.3) is 0 Å². The van der Waals surface area contributed by atoms with E-state index in [0.29, 0.717) is 6.54 Å². The second kappa shape index (κ2) is 5.73. The molecule has 2 N–H and O–H groups in total. The molecular formula is C14H17N3O3. The average Bonchev–Trinajstić information content (AvgIpc) is 2.54. The number of carbonyl (C=O) groups is 3. The molecule has 0 radical (unpaired) electrons.